The molecule has 15 heteroatoms. The van der Waals surface area contributed by atoms with Gasteiger partial charge in [-0.05, 0) is 30.5 Å². The maximum absolute atomic E-state index is 13.0. The molecule has 1 aromatic carbocycles. The number of carbonyl (C=O) groups is 1. The molecule has 10 nitrogen and oxygen atoms in total. The first-order valence-corrected chi connectivity index (χ1v) is 12.7. The monoisotopic (exact) mass is 569 g/mol. The van der Waals surface area contributed by atoms with E-state index in [0.29, 0.717) is 18.7 Å². The SMILES string of the molecule is COCCOc1ccc(CN(C(=O)O)S(=O)(=O)NCCC(C)C)c(Oc2ncc(C(F)(F)F)cc2Cl)c1. The minimum absolute atomic E-state index is 0.0183. The molecule has 2 rings (SSSR count). The summed E-state index contributed by atoms with van der Waals surface area (Å²) >= 11 is 5.95. The molecule has 0 saturated heterocycles. The number of amides is 1. The van der Waals surface area contributed by atoms with Crippen LogP contribution in [0.1, 0.15) is 31.4 Å². The first kappa shape index (κ1) is 30.4. The number of ether oxygens (including phenoxy) is 3. The molecular formula is C22H27ClF3N3O7S. The Morgan fingerprint density at radius 3 is 2.51 bits per heavy atom. The Kier molecular flexibility index (Phi) is 10.8. The number of hydrogen-bond acceptors (Lipinski definition) is 7. The summed E-state index contributed by atoms with van der Waals surface area (Å²) in [5.74, 6) is -0.135. The Morgan fingerprint density at radius 2 is 1.95 bits per heavy atom. The lowest BCUT2D eigenvalue weighted by molar-refractivity contribution is -0.137. The molecule has 1 aromatic heterocycles. The third-order valence-corrected chi connectivity index (χ3v) is 6.47. The Morgan fingerprint density at radius 1 is 1.24 bits per heavy atom. The van der Waals surface area contributed by atoms with Crippen molar-refractivity contribution in [3.63, 3.8) is 0 Å². The molecule has 0 saturated carbocycles. The summed E-state index contributed by atoms with van der Waals surface area (Å²) in [6.45, 7) is 3.48. The van der Waals surface area contributed by atoms with Crippen molar-refractivity contribution >= 4 is 27.9 Å². The largest absolute Gasteiger partial charge is 0.491 e. The molecular weight excluding hydrogens is 543 g/mol. The zero-order chi connectivity index (χ0) is 27.8. The van der Waals surface area contributed by atoms with E-state index < -0.39 is 45.5 Å². The van der Waals surface area contributed by atoms with Gasteiger partial charge >= 0.3 is 22.5 Å². The van der Waals surface area contributed by atoms with Gasteiger partial charge in [0.15, 0.2) is 0 Å². The van der Waals surface area contributed by atoms with E-state index in [1.54, 1.807) is 0 Å². The molecule has 0 bridgehead atoms. The molecule has 0 unspecified atom stereocenters. The Balaban J connectivity index is 2.42. The van der Waals surface area contributed by atoms with Crippen LogP contribution in [0.2, 0.25) is 5.02 Å². The van der Waals surface area contributed by atoms with Gasteiger partial charge in [-0.25, -0.2) is 9.78 Å². The van der Waals surface area contributed by atoms with Crippen LogP contribution in [0.5, 0.6) is 17.4 Å². The number of carboxylic acid groups (broad SMARTS) is 1. The second-order valence-electron chi connectivity index (χ2n) is 8.09. The van der Waals surface area contributed by atoms with Gasteiger partial charge in [-0.1, -0.05) is 25.4 Å². The van der Waals surface area contributed by atoms with Crippen LogP contribution in [0.3, 0.4) is 0 Å². The number of aromatic nitrogens is 1. The van der Waals surface area contributed by atoms with Gasteiger partial charge in [0.2, 0.25) is 5.88 Å². The fraction of sp³-hybridized carbons (Fsp3) is 0.455. The van der Waals surface area contributed by atoms with Gasteiger partial charge in [-0.3, -0.25) is 0 Å². The lowest BCUT2D eigenvalue weighted by Crippen LogP contribution is -2.43. The molecule has 0 spiro atoms. The van der Waals surface area contributed by atoms with Crippen molar-refractivity contribution in [2.24, 2.45) is 5.92 Å². The molecule has 2 aromatic rings. The number of hydrogen-bond donors (Lipinski definition) is 2. The van der Waals surface area contributed by atoms with Crippen LogP contribution in [-0.4, -0.2) is 55.8 Å². The van der Waals surface area contributed by atoms with Crippen molar-refractivity contribution < 1.29 is 45.7 Å². The van der Waals surface area contributed by atoms with Crippen LogP contribution in [-0.2, 0) is 27.7 Å². The van der Waals surface area contributed by atoms with Gasteiger partial charge in [0.05, 0.1) is 18.7 Å². The van der Waals surface area contributed by atoms with Crippen molar-refractivity contribution in [3.8, 4) is 17.4 Å². The normalized spacial score (nSPS) is 12.0. The highest BCUT2D eigenvalue weighted by atomic mass is 35.5. The molecule has 0 atom stereocenters. The Labute approximate surface area is 217 Å². The zero-order valence-electron chi connectivity index (χ0n) is 20.2. The van der Waals surface area contributed by atoms with E-state index in [1.165, 1.54) is 25.3 Å². The number of nitrogens with one attached hydrogen (secondary N) is 1. The van der Waals surface area contributed by atoms with Crippen molar-refractivity contribution in [3.05, 3.63) is 46.6 Å². The minimum Gasteiger partial charge on any atom is -0.491 e. The number of pyridine rings is 1. The fourth-order valence-electron chi connectivity index (χ4n) is 2.82. The van der Waals surface area contributed by atoms with E-state index in [2.05, 4.69) is 9.71 Å². The van der Waals surface area contributed by atoms with Crippen LogP contribution in [0.4, 0.5) is 18.0 Å². The summed E-state index contributed by atoms with van der Waals surface area (Å²) in [7, 11) is -2.98. The summed E-state index contributed by atoms with van der Waals surface area (Å²) in [6.07, 6.45) is -5.44. The minimum atomic E-state index is -4.69. The first-order chi connectivity index (χ1) is 17.2. The average molecular weight is 570 g/mol. The second-order valence-corrected chi connectivity index (χ2v) is 10.2. The number of methoxy groups -OCH3 is 1. The van der Waals surface area contributed by atoms with Crippen molar-refractivity contribution in [1.82, 2.24) is 14.0 Å². The molecule has 0 aliphatic rings. The third-order valence-electron chi connectivity index (χ3n) is 4.76. The molecule has 0 radical (unpaired) electrons. The van der Waals surface area contributed by atoms with E-state index in [9.17, 15) is 31.5 Å². The van der Waals surface area contributed by atoms with E-state index in [4.69, 9.17) is 25.8 Å². The Bertz CT molecular complexity index is 1180. The number of halogens is 4. The molecule has 0 fully saturated rings. The molecule has 206 valence electrons. The highest BCUT2D eigenvalue weighted by Crippen LogP contribution is 2.36. The number of nitrogens with zero attached hydrogens (tertiary/aromatic N) is 2. The smallest absolute Gasteiger partial charge is 0.422 e. The van der Waals surface area contributed by atoms with Crippen molar-refractivity contribution in [1.29, 1.82) is 0 Å². The zero-order valence-corrected chi connectivity index (χ0v) is 21.8. The lowest BCUT2D eigenvalue weighted by atomic mass is 10.1. The lowest BCUT2D eigenvalue weighted by Gasteiger charge is -2.22. The summed E-state index contributed by atoms with van der Waals surface area (Å²) in [5, 5.41) is 9.13. The summed E-state index contributed by atoms with van der Waals surface area (Å²) in [4.78, 5) is 15.4. The van der Waals surface area contributed by atoms with Gasteiger partial charge < -0.3 is 19.3 Å². The predicted octanol–water partition coefficient (Wildman–Crippen LogP) is 4.93. The molecule has 1 amide bonds. The molecule has 37 heavy (non-hydrogen) atoms. The standard InChI is InChI=1S/C22H27ClF3N3O7S/c1-14(2)6-7-28-37(32,33)29(21(30)31)13-15-4-5-17(35-9-8-34-3)11-19(15)36-20-18(23)10-16(12-27-20)22(24,25)26/h4-5,10-12,14,28H,6-9,13H2,1-3H3,(H,30,31). The third kappa shape index (κ3) is 9.22. The summed E-state index contributed by atoms with van der Waals surface area (Å²) < 4.78 is 82.7. The van der Waals surface area contributed by atoms with Gasteiger partial charge in [0, 0.05) is 31.5 Å². The maximum Gasteiger partial charge on any atom is 0.422 e. The molecule has 1 heterocycles. The number of rotatable bonds is 13. The summed E-state index contributed by atoms with van der Waals surface area (Å²) in [6, 6.07) is 4.72. The van der Waals surface area contributed by atoms with Crippen LogP contribution >= 0.6 is 11.6 Å². The predicted molar refractivity (Wildman–Crippen MR) is 128 cm³/mol. The number of alkyl halides is 3. The van der Waals surface area contributed by atoms with E-state index in [1.807, 2.05) is 13.8 Å². The van der Waals surface area contributed by atoms with Gasteiger partial charge in [0.1, 0.15) is 23.1 Å². The van der Waals surface area contributed by atoms with Gasteiger partial charge in [-0.15, -0.1) is 0 Å². The van der Waals surface area contributed by atoms with Crippen LogP contribution in [0.25, 0.3) is 0 Å². The molecule has 2 N–H and O–H groups in total. The average Bonchev–Trinajstić information content (AvgIpc) is 2.78. The topological polar surface area (TPSA) is 127 Å². The summed E-state index contributed by atoms with van der Waals surface area (Å²) in [5.41, 5.74) is -1.05. The van der Waals surface area contributed by atoms with Crippen LogP contribution < -0.4 is 14.2 Å². The highest BCUT2D eigenvalue weighted by molar-refractivity contribution is 7.87. The van der Waals surface area contributed by atoms with E-state index in [-0.39, 0.29) is 47.0 Å². The van der Waals surface area contributed by atoms with Crippen molar-refractivity contribution in [2.45, 2.75) is 33.0 Å². The molecule has 0 aliphatic carbocycles. The number of benzene rings is 1. The van der Waals surface area contributed by atoms with Crippen LogP contribution in [0, 0.1) is 5.92 Å². The molecule has 0 aliphatic heterocycles. The quantitative estimate of drug-likeness (QED) is 0.325. The van der Waals surface area contributed by atoms with Gasteiger partial charge in [-0.2, -0.15) is 30.6 Å². The Hall–Kier alpha value is -2.81. The van der Waals surface area contributed by atoms with Crippen molar-refractivity contribution in [2.75, 3.05) is 26.9 Å². The maximum atomic E-state index is 13.0. The first-order valence-electron chi connectivity index (χ1n) is 10.9. The second kappa shape index (κ2) is 13.1. The van der Waals surface area contributed by atoms with Gasteiger partial charge in [0.25, 0.3) is 0 Å². The van der Waals surface area contributed by atoms with E-state index >= 15 is 0 Å². The highest BCUT2D eigenvalue weighted by Gasteiger charge is 2.32. The van der Waals surface area contributed by atoms with E-state index in [0.717, 1.165) is 0 Å². The fourth-order valence-corrected chi connectivity index (χ4v) is 4.07. The van der Waals surface area contributed by atoms with Crippen LogP contribution in [0.15, 0.2) is 30.5 Å².